The fraction of sp³-hybridized carbons (Fsp3) is 0.238. The normalized spacial score (nSPS) is 15.1. The number of methoxy groups -OCH3 is 1. The summed E-state index contributed by atoms with van der Waals surface area (Å²) in [5, 5.41) is 2.78. The molecule has 5 heteroatoms. The van der Waals surface area contributed by atoms with Gasteiger partial charge in [-0.3, -0.25) is 4.79 Å². The van der Waals surface area contributed by atoms with Gasteiger partial charge in [0.05, 0.1) is 7.11 Å². The molecule has 1 heterocycles. The van der Waals surface area contributed by atoms with Crippen LogP contribution in [-0.4, -0.2) is 18.9 Å². The van der Waals surface area contributed by atoms with Crippen molar-refractivity contribution in [2.24, 2.45) is 4.99 Å². The van der Waals surface area contributed by atoms with Crippen molar-refractivity contribution in [2.45, 2.75) is 26.2 Å². The fourth-order valence-corrected chi connectivity index (χ4v) is 2.85. The minimum absolute atomic E-state index is 0.233. The van der Waals surface area contributed by atoms with Gasteiger partial charge in [-0.1, -0.05) is 25.1 Å². The average molecular weight is 352 g/mol. The molecule has 0 radical (unpaired) electrons. The minimum Gasteiger partial charge on any atom is -0.496 e. The molecule has 4 nitrogen and oxygen atoms in total. The second-order valence-corrected chi connectivity index (χ2v) is 6.10. The number of ether oxygens (including phenoxy) is 1. The number of amides is 1. The van der Waals surface area contributed by atoms with Gasteiger partial charge in [-0.2, -0.15) is 0 Å². The van der Waals surface area contributed by atoms with Gasteiger partial charge < -0.3 is 10.1 Å². The summed E-state index contributed by atoms with van der Waals surface area (Å²) in [6.07, 6.45) is 3.79. The van der Waals surface area contributed by atoms with E-state index in [-0.39, 0.29) is 11.7 Å². The molecule has 2 aromatic carbocycles. The number of aryl methyl sites for hydroxylation is 2. The molecule has 3 rings (SSSR count). The topological polar surface area (TPSA) is 50.7 Å². The molecule has 0 saturated carbocycles. The van der Waals surface area contributed by atoms with Crippen LogP contribution in [0.3, 0.4) is 0 Å². The number of carbonyl (C=O) groups excluding carboxylic acids is 1. The molecule has 1 aliphatic heterocycles. The van der Waals surface area contributed by atoms with E-state index in [4.69, 9.17) is 4.74 Å². The Morgan fingerprint density at radius 3 is 2.73 bits per heavy atom. The second-order valence-electron chi connectivity index (χ2n) is 6.10. The first-order valence-electron chi connectivity index (χ1n) is 8.61. The van der Waals surface area contributed by atoms with Gasteiger partial charge in [-0.05, 0) is 54.3 Å². The monoisotopic (exact) mass is 352 g/mol. The lowest BCUT2D eigenvalue weighted by atomic mass is 10.1. The van der Waals surface area contributed by atoms with Crippen molar-refractivity contribution in [1.29, 1.82) is 0 Å². The Balaban J connectivity index is 1.78. The molecule has 1 N–H and O–H groups in total. The quantitative estimate of drug-likeness (QED) is 0.802. The van der Waals surface area contributed by atoms with E-state index in [1.165, 1.54) is 12.1 Å². The number of carbonyl (C=O) groups is 1. The van der Waals surface area contributed by atoms with Crippen molar-refractivity contribution in [3.05, 3.63) is 70.7 Å². The van der Waals surface area contributed by atoms with E-state index >= 15 is 0 Å². The third kappa shape index (κ3) is 4.17. The summed E-state index contributed by atoms with van der Waals surface area (Å²) in [6.45, 7) is 2.07. The van der Waals surface area contributed by atoms with Crippen molar-refractivity contribution >= 4 is 17.8 Å². The van der Waals surface area contributed by atoms with Gasteiger partial charge in [0.1, 0.15) is 23.1 Å². The summed E-state index contributed by atoms with van der Waals surface area (Å²) < 4.78 is 18.6. The van der Waals surface area contributed by atoms with Crippen molar-refractivity contribution < 1.29 is 13.9 Å². The number of hydrogen-bond acceptors (Lipinski definition) is 3. The molecule has 0 atom stereocenters. The molecule has 0 saturated heterocycles. The summed E-state index contributed by atoms with van der Waals surface area (Å²) in [6, 6.07) is 12.3. The lowest BCUT2D eigenvalue weighted by Gasteiger charge is -2.07. The van der Waals surface area contributed by atoms with E-state index in [9.17, 15) is 9.18 Å². The Morgan fingerprint density at radius 2 is 2.00 bits per heavy atom. The Kier molecular flexibility index (Phi) is 5.46. The maximum absolute atomic E-state index is 13.2. The summed E-state index contributed by atoms with van der Waals surface area (Å²) in [5.41, 5.74) is 3.21. The maximum Gasteiger partial charge on any atom is 0.275 e. The van der Waals surface area contributed by atoms with Crippen LogP contribution >= 0.6 is 0 Å². The average Bonchev–Trinajstić information content (AvgIpc) is 2.99. The Hall–Kier alpha value is -2.95. The first-order chi connectivity index (χ1) is 12.6. The van der Waals surface area contributed by atoms with Crippen LogP contribution in [0.4, 0.5) is 4.39 Å². The van der Waals surface area contributed by atoms with Crippen molar-refractivity contribution in [3.8, 4) is 5.75 Å². The van der Waals surface area contributed by atoms with Crippen molar-refractivity contribution in [1.82, 2.24) is 5.32 Å². The molecule has 0 fully saturated rings. The number of halogens is 1. The van der Waals surface area contributed by atoms with Crippen LogP contribution < -0.4 is 10.1 Å². The molecule has 0 spiro atoms. The molecule has 134 valence electrons. The standard InChI is InChI=1S/C21H21FN2O2/c1-3-14-7-9-19(26-2)16(11-14)13-18-21(25)24-20(23-18)10-8-15-5-4-6-17(22)12-15/h4-7,9,11-13H,3,8,10H2,1-2H3,(H,23,24,25)/b18-13+. The van der Waals surface area contributed by atoms with E-state index in [1.54, 1.807) is 19.3 Å². The number of amidine groups is 1. The lowest BCUT2D eigenvalue weighted by Crippen LogP contribution is -2.24. The van der Waals surface area contributed by atoms with Crippen LogP contribution in [0.5, 0.6) is 5.75 Å². The first-order valence-corrected chi connectivity index (χ1v) is 8.61. The number of benzene rings is 2. The largest absolute Gasteiger partial charge is 0.496 e. The van der Waals surface area contributed by atoms with E-state index in [0.717, 1.165) is 23.1 Å². The number of hydrogen-bond donors (Lipinski definition) is 1. The smallest absolute Gasteiger partial charge is 0.275 e. The predicted molar refractivity (Wildman–Crippen MR) is 101 cm³/mol. The van der Waals surface area contributed by atoms with Crippen molar-refractivity contribution in [3.63, 3.8) is 0 Å². The van der Waals surface area contributed by atoms with Gasteiger partial charge in [0.25, 0.3) is 5.91 Å². The summed E-state index contributed by atoms with van der Waals surface area (Å²) >= 11 is 0. The van der Waals surface area contributed by atoms with Gasteiger partial charge in [0.2, 0.25) is 0 Å². The number of aliphatic imine (C=N–C) groups is 1. The molecular formula is C21H21FN2O2. The molecule has 26 heavy (non-hydrogen) atoms. The zero-order valence-corrected chi connectivity index (χ0v) is 14.9. The number of nitrogens with zero attached hydrogens (tertiary/aromatic N) is 1. The van der Waals surface area contributed by atoms with Crippen LogP contribution in [0, 0.1) is 5.82 Å². The highest BCUT2D eigenvalue weighted by Crippen LogP contribution is 2.24. The van der Waals surface area contributed by atoms with E-state index in [0.29, 0.717) is 30.1 Å². The molecule has 0 unspecified atom stereocenters. The Labute approximate surface area is 152 Å². The number of rotatable bonds is 6. The third-order valence-electron chi connectivity index (χ3n) is 4.28. The van der Waals surface area contributed by atoms with Crippen LogP contribution in [0.15, 0.2) is 53.2 Å². The highest BCUT2D eigenvalue weighted by Gasteiger charge is 2.20. The van der Waals surface area contributed by atoms with Crippen molar-refractivity contribution in [2.75, 3.05) is 7.11 Å². The first kappa shape index (κ1) is 17.9. The third-order valence-corrected chi connectivity index (χ3v) is 4.28. The van der Waals surface area contributed by atoms with E-state index in [2.05, 4.69) is 17.2 Å². The Bertz CT molecular complexity index is 887. The van der Waals surface area contributed by atoms with E-state index < -0.39 is 0 Å². The van der Waals surface area contributed by atoms with Gasteiger partial charge in [0, 0.05) is 12.0 Å². The molecule has 0 aliphatic carbocycles. The molecule has 0 aromatic heterocycles. The Morgan fingerprint density at radius 1 is 1.15 bits per heavy atom. The zero-order chi connectivity index (χ0) is 18.5. The minimum atomic E-state index is -0.261. The van der Waals surface area contributed by atoms with Crippen LogP contribution in [0.25, 0.3) is 6.08 Å². The number of nitrogens with one attached hydrogen (secondary N) is 1. The second kappa shape index (κ2) is 7.95. The summed E-state index contributed by atoms with van der Waals surface area (Å²) in [5.74, 6) is 0.800. The molecular weight excluding hydrogens is 331 g/mol. The van der Waals surface area contributed by atoms with Crippen LogP contribution in [0.2, 0.25) is 0 Å². The van der Waals surface area contributed by atoms with Gasteiger partial charge >= 0.3 is 0 Å². The highest BCUT2D eigenvalue weighted by molar-refractivity contribution is 6.14. The lowest BCUT2D eigenvalue weighted by molar-refractivity contribution is -0.115. The summed E-state index contributed by atoms with van der Waals surface area (Å²) in [7, 11) is 1.60. The van der Waals surface area contributed by atoms with Crippen LogP contribution in [0.1, 0.15) is 30.0 Å². The van der Waals surface area contributed by atoms with Crippen LogP contribution in [-0.2, 0) is 17.6 Å². The predicted octanol–water partition coefficient (Wildman–Crippen LogP) is 3.90. The maximum atomic E-state index is 13.2. The molecule has 1 amide bonds. The van der Waals surface area contributed by atoms with Gasteiger partial charge in [-0.15, -0.1) is 0 Å². The fourth-order valence-electron chi connectivity index (χ4n) is 2.85. The SMILES string of the molecule is CCc1ccc(OC)c(/C=C2/N=C(CCc3cccc(F)c3)NC2=O)c1. The molecule has 2 aromatic rings. The zero-order valence-electron chi connectivity index (χ0n) is 14.9. The molecule has 0 bridgehead atoms. The summed E-state index contributed by atoms with van der Waals surface area (Å²) in [4.78, 5) is 16.6. The highest BCUT2D eigenvalue weighted by atomic mass is 19.1. The van der Waals surface area contributed by atoms with E-state index in [1.807, 2.05) is 24.3 Å². The molecule has 1 aliphatic rings. The van der Waals surface area contributed by atoms with Gasteiger partial charge in [0.15, 0.2) is 0 Å². The van der Waals surface area contributed by atoms with Gasteiger partial charge in [-0.25, -0.2) is 9.38 Å².